The average molecular weight is 576 g/mol. The fraction of sp³-hybridized carbons (Fsp3) is 0.280. The van der Waals surface area contributed by atoms with Crippen LogP contribution in [0.15, 0.2) is 50.8 Å². The molecule has 1 aliphatic rings. The van der Waals surface area contributed by atoms with Crippen molar-refractivity contribution in [2.24, 2.45) is 10.7 Å². The normalized spacial score (nSPS) is 15.4. The summed E-state index contributed by atoms with van der Waals surface area (Å²) in [5, 5.41) is 0.500. The number of primary amides is 1. The molecule has 2 aromatic rings. The summed E-state index contributed by atoms with van der Waals surface area (Å²) in [5.74, 6) is -0.468. The van der Waals surface area contributed by atoms with E-state index in [2.05, 4.69) is 20.9 Å². The highest BCUT2D eigenvalue weighted by atomic mass is 79.9. The highest BCUT2D eigenvalue weighted by Gasteiger charge is 2.32. The minimum absolute atomic E-state index is 0.189. The molecule has 0 unspecified atom stereocenters. The summed E-state index contributed by atoms with van der Waals surface area (Å²) in [6.07, 6.45) is 1.73. The molecular formula is C25H26BrN3O6S. The van der Waals surface area contributed by atoms with Gasteiger partial charge in [0.1, 0.15) is 0 Å². The zero-order valence-electron chi connectivity index (χ0n) is 20.1. The van der Waals surface area contributed by atoms with Crippen LogP contribution in [0.3, 0.4) is 0 Å². The molecule has 1 heterocycles. The number of ether oxygens (including phenoxy) is 3. The Hall–Kier alpha value is -3.31. The van der Waals surface area contributed by atoms with Crippen LogP contribution < -0.4 is 15.2 Å². The molecule has 0 bridgehead atoms. The maximum Gasteiger partial charge on any atom is 0.338 e. The molecule has 0 atom stereocenters. The van der Waals surface area contributed by atoms with Gasteiger partial charge in [0, 0.05) is 6.54 Å². The van der Waals surface area contributed by atoms with E-state index in [1.807, 2.05) is 13.8 Å². The van der Waals surface area contributed by atoms with E-state index in [-0.39, 0.29) is 19.1 Å². The van der Waals surface area contributed by atoms with Gasteiger partial charge >= 0.3 is 5.97 Å². The van der Waals surface area contributed by atoms with E-state index < -0.39 is 11.9 Å². The van der Waals surface area contributed by atoms with Gasteiger partial charge in [-0.25, -0.2) is 9.79 Å². The Kier molecular flexibility index (Phi) is 9.54. The zero-order valence-corrected chi connectivity index (χ0v) is 22.5. The van der Waals surface area contributed by atoms with Crippen molar-refractivity contribution < 1.29 is 28.6 Å². The Morgan fingerprint density at radius 1 is 1.14 bits per heavy atom. The lowest BCUT2D eigenvalue weighted by Gasteiger charge is -2.14. The van der Waals surface area contributed by atoms with Gasteiger partial charge < -0.3 is 19.9 Å². The molecule has 2 amide bonds. The summed E-state index contributed by atoms with van der Waals surface area (Å²) in [5.41, 5.74) is 6.80. The van der Waals surface area contributed by atoms with Crippen LogP contribution >= 0.6 is 27.7 Å². The molecule has 2 aromatic carbocycles. The third-order valence-corrected chi connectivity index (χ3v) is 6.37. The number of halogens is 1. The van der Waals surface area contributed by atoms with E-state index in [0.717, 1.165) is 0 Å². The molecule has 1 saturated heterocycles. The number of amidine groups is 1. The van der Waals surface area contributed by atoms with Crippen molar-refractivity contribution >= 4 is 62.4 Å². The van der Waals surface area contributed by atoms with Gasteiger partial charge in [0.05, 0.1) is 33.8 Å². The van der Waals surface area contributed by atoms with Crippen LogP contribution in [0.2, 0.25) is 0 Å². The molecule has 190 valence electrons. The Morgan fingerprint density at radius 2 is 1.92 bits per heavy atom. The van der Waals surface area contributed by atoms with Gasteiger partial charge in [-0.05, 0) is 90.4 Å². The topological polar surface area (TPSA) is 121 Å². The molecule has 0 aliphatic carbocycles. The Balaban J connectivity index is 1.93. The lowest BCUT2D eigenvalue weighted by molar-refractivity contribution is -0.122. The second-order valence-corrected chi connectivity index (χ2v) is 9.21. The number of hydrogen-bond acceptors (Lipinski definition) is 8. The average Bonchev–Trinajstić information content (AvgIpc) is 3.12. The number of benzene rings is 2. The highest BCUT2D eigenvalue weighted by molar-refractivity contribution is 9.10. The number of hydrogen-bond donors (Lipinski definition) is 1. The first-order valence-electron chi connectivity index (χ1n) is 11.2. The molecule has 9 nitrogen and oxygen atoms in total. The van der Waals surface area contributed by atoms with Crippen molar-refractivity contribution in [1.29, 1.82) is 0 Å². The zero-order chi connectivity index (χ0) is 26.2. The van der Waals surface area contributed by atoms with Crippen LogP contribution in [0.1, 0.15) is 36.7 Å². The summed E-state index contributed by atoms with van der Waals surface area (Å²) < 4.78 is 16.8. The number of likely N-dealkylation sites (N-methyl/N-ethyl adjacent to an activating group) is 1. The van der Waals surface area contributed by atoms with Crippen LogP contribution in [-0.2, 0) is 14.3 Å². The van der Waals surface area contributed by atoms with Crippen LogP contribution in [0.4, 0.5) is 5.69 Å². The van der Waals surface area contributed by atoms with Crippen molar-refractivity contribution in [3.8, 4) is 11.5 Å². The quantitative estimate of drug-likeness (QED) is 0.326. The number of carbonyl (C=O) groups is 3. The predicted octanol–water partition coefficient (Wildman–Crippen LogP) is 4.51. The Bertz CT molecular complexity index is 1230. The number of carbonyl (C=O) groups excluding carboxylic acids is 3. The molecule has 0 aromatic heterocycles. The van der Waals surface area contributed by atoms with E-state index in [9.17, 15) is 14.4 Å². The first kappa shape index (κ1) is 27.3. The largest absolute Gasteiger partial charge is 0.490 e. The summed E-state index contributed by atoms with van der Waals surface area (Å²) in [4.78, 5) is 43.0. The number of rotatable bonds is 10. The van der Waals surface area contributed by atoms with Crippen LogP contribution in [0.5, 0.6) is 11.5 Å². The Morgan fingerprint density at radius 3 is 2.58 bits per heavy atom. The third-order valence-electron chi connectivity index (χ3n) is 4.77. The molecule has 1 fully saturated rings. The Labute approximate surface area is 221 Å². The van der Waals surface area contributed by atoms with Gasteiger partial charge in [-0.1, -0.05) is 6.07 Å². The second-order valence-electron chi connectivity index (χ2n) is 7.34. The number of nitrogens with zero attached hydrogens (tertiary/aromatic N) is 2. The van der Waals surface area contributed by atoms with Gasteiger partial charge in [-0.3, -0.25) is 14.5 Å². The van der Waals surface area contributed by atoms with E-state index in [4.69, 9.17) is 19.9 Å². The van der Waals surface area contributed by atoms with E-state index >= 15 is 0 Å². The first-order valence-corrected chi connectivity index (χ1v) is 12.8. The van der Waals surface area contributed by atoms with Gasteiger partial charge in [0.15, 0.2) is 23.3 Å². The standard InChI is InChI=1S/C25H26BrN3O6S/c1-4-29-23(31)20(36-25(29)28-17-9-7-8-16(13-17)24(32)34-6-3)12-15-10-18(26)22(35-14-21(27)30)19(11-15)33-5-2/h7-13H,4-6,14H2,1-3H3,(H2,27,30). The molecule has 11 heteroatoms. The van der Waals surface area contributed by atoms with Gasteiger partial charge in [-0.2, -0.15) is 0 Å². The molecule has 0 spiro atoms. The van der Waals surface area contributed by atoms with Gasteiger partial charge in [0.25, 0.3) is 11.8 Å². The maximum atomic E-state index is 13.1. The summed E-state index contributed by atoms with van der Waals surface area (Å²) in [6, 6.07) is 10.2. The van der Waals surface area contributed by atoms with Crippen LogP contribution in [0.25, 0.3) is 6.08 Å². The van der Waals surface area contributed by atoms with E-state index in [0.29, 0.717) is 56.0 Å². The smallest absolute Gasteiger partial charge is 0.338 e. The summed E-state index contributed by atoms with van der Waals surface area (Å²) in [6.45, 7) is 6.21. The third kappa shape index (κ3) is 6.67. The lowest BCUT2D eigenvalue weighted by Crippen LogP contribution is -2.28. The van der Waals surface area contributed by atoms with Gasteiger partial charge in [0.2, 0.25) is 0 Å². The van der Waals surface area contributed by atoms with E-state index in [1.54, 1.807) is 54.3 Å². The summed E-state index contributed by atoms with van der Waals surface area (Å²) in [7, 11) is 0. The molecule has 1 aliphatic heterocycles. The SMILES string of the molecule is CCOC(=O)c1cccc(N=C2SC(=Cc3cc(Br)c(OCC(N)=O)c(OCC)c3)C(=O)N2CC)c1. The van der Waals surface area contributed by atoms with Gasteiger partial charge in [-0.15, -0.1) is 0 Å². The molecule has 0 radical (unpaired) electrons. The van der Waals surface area contributed by atoms with Crippen molar-refractivity contribution in [3.05, 3.63) is 56.9 Å². The molecule has 0 saturated carbocycles. The second kappa shape index (κ2) is 12.6. The minimum atomic E-state index is -0.609. The number of esters is 1. The van der Waals surface area contributed by atoms with Crippen molar-refractivity contribution in [2.45, 2.75) is 20.8 Å². The first-order chi connectivity index (χ1) is 17.3. The minimum Gasteiger partial charge on any atom is -0.490 e. The maximum absolute atomic E-state index is 13.1. The fourth-order valence-electron chi connectivity index (χ4n) is 3.27. The molecule has 2 N–H and O–H groups in total. The fourth-order valence-corrected chi connectivity index (χ4v) is 4.90. The highest BCUT2D eigenvalue weighted by Crippen LogP contribution is 2.39. The van der Waals surface area contributed by atoms with Crippen molar-refractivity contribution in [1.82, 2.24) is 4.90 Å². The van der Waals surface area contributed by atoms with Crippen molar-refractivity contribution in [2.75, 3.05) is 26.4 Å². The van der Waals surface area contributed by atoms with Crippen LogP contribution in [0, 0.1) is 0 Å². The number of nitrogens with two attached hydrogens (primary N) is 1. The monoisotopic (exact) mass is 575 g/mol. The number of thioether (sulfide) groups is 1. The van der Waals surface area contributed by atoms with Crippen molar-refractivity contribution in [3.63, 3.8) is 0 Å². The molecule has 36 heavy (non-hydrogen) atoms. The number of aliphatic imine (C=N–C) groups is 1. The predicted molar refractivity (Wildman–Crippen MR) is 142 cm³/mol. The molecular weight excluding hydrogens is 550 g/mol. The number of amides is 2. The van der Waals surface area contributed by atoms with Crippen LogP contribution in [-0.4, -0.2) is 54.2 Å². The van der Waals surface area contributed by atoms with E-state index in [1.165, 1.54) is 11.8 Å². The lowest BCUT2D eigenvalue weighted by atomic mass is 10.2. The molecule has 3 rings (SSSR count). The summed E-state index contributed by atoms with van der Waals surface area (Å²) >= 11 is 4.68.